The molecule has 2 nitrogen and oxygen atoms in total. The minimum absolute atomic E-state index is 0.0866. The normalized spacial score (nSPS) is 17.4. The predicted molar refractivity (Wildman–Crippen MR) is 210 cm³/mol. The van der Waals surface area contributed by atoms with Crippen LogP contribution in [0.2, 0.25) is 0 Å². The van der Waals surface area contributed by atoms with Gasteiger partial charge in [-0.05, 0) is 91.7 Å². The first-order valence-corrected chi connectivity index (χ1v) is 18.1. The van der Waals surface area contributed by atoms with Gasteiger partial charge in [-0.3, -0.25) is 0 Å². The fraction of sp³-hybridized carbons (Fsp3) is 0.362. The molecule has 49 heavy (non-hydrogen) atoms. The molecule has 2 heteroatoms. The van der Waals surface area contributed by atoms with Crippen LogP contribution in [0.15, 0.2) is 97.1 Å². The zero-order valence-electron chi connectivity index (χ0n) is 31.6. The van der Waals surface area contributed by atoms with E-state index in [1.165, 1.54) is 78.6 Å². The van der Waals surface area contributed by atoms with Crippen molar-refractivity contribution < 1.29 is 0 Å². The van der Waals surface area contributed by atoms with Crippen molar-refractivity contribution in [3.8, 4) is 0 Å². The smallest absolute Gasteiger partial charge is 0.0545 e. The lowest BCUT2D eigenvalue weighted by molar-refractivity contribution is 0.566. The van der Waals surface area contributed by atoms with Crippen LogP contribution in [0.4, 0.5) is 34.1 Å². The third-order valence-corrected chi connectivity index (χ3v) is 12.1. The molecule has 0 spiro atoms. The maximum atomic E-state index is 2.66. The molecule has 3 aliphatic rings. The Morgan fingerprint density at radius 1 is 0.408 bits per heavy atom. The summed E-state index contributed by atoms with van der Waals surface area (Å²) in [4.78, 5) is 5.14. The fourth-order valence-electron chi connectivity index (χ4n) is 8.97. The van der Waals surface area contributed by atoms with Gasteiger partial charge in [0, 0.05) is 33.3 Å². The van der Waals surface area contributed by atoms with Gasteiger partial charge in [-0.15, -0.1) is 0 Å². The summed E-state index contributed by atoms with van der Waals surface area (Å²) in [5.74, 6) is 0. The molecule has 0 aromatic heterocycles. The monoisotopic (exact) mass is 644 g/mol. The van der Waals surface area contributed by atoms with E-state index in [4.69, 9.17) is 0 Å². The quantitative estimate of drug-likeness (QED) is 0.193. The largest absolute Gasteiger partial charge is 0.310 e. The molecule has 0 atom stereocenters. The summed E-state index contributed by atoms with van der Waals surface area (Å²) < 4.78 is 0. The summed E-state index contributed by atoms with van der Waals surface area (Å²) in [5.41, 5.74) is 18.5. The highest BCUT2D eigenvalue weighted by Gasteiger charge is 2.51. The zero-order chi connectivity index (χ0) is 35.1. The lowest BCUT2D eigenvalue weighted by Crippen LogP contribution is -2.43. The Labute approximate surface area is 294 Å². The number of hydrogen-bond donors (Lipinski definition) is 0. The molecule has 0 saturated heterocycles. The Bertz CT molecular complexity index is 2000. The molecule has 5 aromatic rings. The Morgan fingerprint density at radius 2 is 0.714 bits per heavy atom. The molecule has 0 N–H and O–H groups in total. The van der Waals surface area contributed by atoms with Crippen LogP contribution < -0.4 is 9.80 Å². The van der Waals surface area contributed by atoms with E-state index in [0.29, 0.717) is 0 Å². The van der Waals surface area contributed by atoms with Crippen molar-refractivity contribution in [2.24, 2.45) is 0 Å². The SMILES string of the molecule is CC(C)(C)c1ccc(N(c2ccc(C(C)(C)C)cc2)c2cc3c4c(c2)C(C)(C)c2cccc5c2N4c2c(cccc2C3(C)C)C5(C)C)cc1. The third-order valence-electron chi connectivity index (χ3n) is 12.1. The average molecular weight is 645 g/mol. The summed E-state index contributed by atoms with van der Waals surface area (Å²) in [6, 6.07) is 37.6. The van der Waals surface area contributed by atoms with Crippen molar-refractivity contribution in [2.45, 2.75) is 110 Å². The molecule has 5 aromatic carbocycles. The Morgan fingerprint density at radius 3 is 1.04 bits per heavy atom. The molecular formula is C47H52N2. The molecular weight excluding hydrogens is 593 g/mol. The second kappa shape index (κ2) is 9.90. The molecule has 3 aliphatic heterocycles. The predicted octanol–water partition coefficient (Wildman–Crippen LogP) is 13.1. The van der Waals surface area contributed by atoms with Gasteiger partial charge in [0.05, 0.1) is 17.1 Å². The average Bonchev–Trinajstić information content (AvgIpc) is 3.03. The van der Waals surface area contributed by atoms with Gasteiger partial charge < -0.3 is 9.80 Å². The van der Waals surface area contributed by atoms with Crippen LogP contribution in [0.3, 0.4) is 0 Å². The van der Waals surface area contributed by atoms with Gasteiger partial charge in [0.1, 0.15) is 0 Å². The van der Waals surface area contributed by atoms with Crippen LogP contribution in [-0.2, 0) is 27.1 Å². The first-order chi connectivity index (χ1) is 22.8. The van der Waals surface area contributed by atoms with E-state index in [1.54, 1.807) is 0 Å². The van der Waals surface area contributed by atoms with E-state index in [0.717, 1.165) is 0 Å². The summed E-state index contributed by atoms with van der Waals surface area (Å²) in [6.45, 7) is 28.3. The van der Waals surface area contributed by atoms with Crippen LogP contribution in [0.5, 0.6) is 0 Å². The van der Waals surface area contributed by atoms with Gasteiger partial charge in [0.15, 0.2) is 0 Å². The second-order valence-electron chi connectivity index (χ2n) is 18.4. The van der Waals surface area contributed by atoms with Gasteiger partial charge in [-0.1, -0.05) is 144 Å². The van der Waals surface area contributed by atoms with E-state index in [9.17, 15) is 0 Å². The first kappa shape index (κ1) is 31.9. The molecule has 0 bridgehead atoms. The Balaban J connectivity index is 1.43. The Hall–Kier alpha value is -4.30. The number of para-hydroxylation sites is 2. The highest BCUT2D eigenvalue weighted by atomic mass is 15.2. The van der Waals surface area contributed by atoms with Crippen molar-refractivity contribution in [1.29, 1.82) is 0 Å². The molecule has 0 fully saturated rings. The van der Waals surface area contributed by atoms with Gasteiger partial charge in [-0.25, -0.2) is 0 Å². The number of hydrogen-bond acceptors (Lipinski definition) is 2. The van der Waals surface area contributed by atoms with Gasteiger partial charge in [0.2, 0.25) is 0 Å². The number of anilines is 6. The zero-order valence-corrected chi connectivity index (χ0v) is 31.6. The first-order valence-electron chi connectivity index (χ1n) is 18.1. The summed E-state index contributed by atoms with van der Waals surface area (Å²) in [6.07, 6.45) is 0. The maximum absolute atomic E-state index is 2.66. The van der Waals surface area contributed by atoms with Crippen LogP contribution in [0.25, 0.3) is 0 Å². The minimum Gasteiger partial charge on any atom is -0.310 e. The standard InChI is InChI=1S/C47H52N2/c1-43(2,3)29-19-23-31(24-20-29)48(32-25-21-30(22-26-32)44(4,5)6)33-27-38-42-39(28-33)47(11,12)37-18-14-16-35-41(37)49(42)40-34(45(35,7)8)15-13-17-36(40)46(38,9)10/h13-28H,1-12H3. The third kappa shape index (κ3) is 4.38. The van der Waals surface area contributed by atoms with Gasteiger partial charge >= 0.3 is 0 Å². The second-order valence-corrected chi connectivity index (χ2v) is 18.4. The number of benzene rings is 5. The molecule has 0 aliphatic carbocycles. The molecule has 250 valence electrons. The minimum atomic E-state index is -0.199. The molecule has 0 unspecified atom stereocenters. The molecule has 0 saturated carbocycles. The number of nitrogens with zero attached hydrogens (tertiary/aromatic N) is 2. The van der Waals surface area contributed by atoms with Gasteiger partial charge in [0.25, 0.3) is 0 Å². The summed E-state index contributed by atoms with van der Waals surface area (Å²) in [7, 11) is 0. The molecule has 0 amide bonds. The molecule has 3 heterocycles. The van der Waals surface area contributed by atoms with Crippen molar-refractivity contribution in [2.75, 3.05) is 9.80 Å². The van der Waals surface area contributed by atoms with E-state index >= 15 is 0 Å². The molecule has 0 radical (unpaired) electrons. The summed E-state index contributed by atoms with van der Waals surface area (Å²) >= 11 is 0. The summed E-state index contributed by atoms with van der Waals surface area (Å²) in [5, 5.41) is 0. The number of rotatable bonds is 3. The molecule has 8 rings (SSSR count). The Kier molecular flexibility index (Phi) is 6.45. The van der Waals surface area contributed by atoms with E-state index in [-0.39, 0.29) is 27.1 Å². The maximum Gasteiger partial charge on any atom is 0.0545 e. The van der Waals surface area contributed by atoms with E-state index in [2.05, 4.69) is 190 Å². The fourth-order valence-corrected chi connectivity index (χ4v) is 8.97. The van der Waals surface area contributed by atoms with Crippen molar-refractivity contribution in [3.63, 3.8) is 0 Å². The highest BCUT2D eigenvalue weighted by molar-refractivity contribution is 5.99. The van der Waals surface area contributed by atoms with Crippen LogP contribution in [0.1, 0.15) is 128 Å². The van der Waals surface area contributed by atoms with E-state index < -0.39 is 0 Å². The van der Waals surface area contributed by atoms with E-state index in [1.807, 2.05) is 0 Å². The van der Waals surface area contributed by atoms with Crippen molar-refractivity contribution in [1.82, 2.24) is 0 Å². The van der Waals surface area contributed by atoms with Gasteiger partial charge in [-0.2, -0.15) is 0 Å². The van der Waals surface area contributed by atoms with Crippen molar-refractivity contribution in [3.05, 3.63) is 142 Å². The highest BCUT2D eigenvalue weighted by Crippen LogP contribution is 2.66. The van der Waals surface area contributed by atoms with Crippen LogP contribution >= 0.6 is 0 Å². The lowest BCUT2D eigenvalue weighted by Gasteiger charge is -2.55. The van der Waals surface area contributed by atoms with Crippen molar-refractivity contribution >= 4 is 34.1 Å². The lowest BCUT2D eigenvalue weighted by atomic mass is 9.61. The topological polar surface area (TPSA) is 6.48 Å². The van der Waals surface area contributed by atoms with Crippen LogP contribution in [-0.4, -0.2) is 0 Å². The van der Waals surface area contributed by atoms with Crippen LogP contribution in [0, 0.1) is 0 Å².